The van der Waals surface area contributed by atoms with E-state index in [2.05, 4.69) is 4.99 Å². The highest BCUT2D eigenvalue weighted by Gasteiger charge is 2.24. The Kier molecular flexibility index (Phi) is 4.20. The van der Waals surface area contributed by atoms with Crippen LogP contribution in [0.1, 0.15) is 23.6 Å². The van der Waals surface area contributed by atoms with Gasteiger partial charge in [0.1, 0.15) is 0 Å². The van der Waals surface area contributed by atoms with Gasteiger partial charge in [-0.25, -0.2) is 9.79 Å². The van der Waals surface area contributed by atoms with Crippen LogP contribution in [0.4, 0.5) is 0 Å². The van der Waals surface area contributed by atoms with Gasteiger partial charge in [-0.2, -0.15) is 0 Å². The van der Waals surface area contributed by atoms with Gasteiger partial charge in [0, 0.05) is 5.56 Å². The number of allylic oxidation sites excluding steroid dienone is 2. The number of aryl methyl sites for hydroxylation is 1. The highest BCUT2D eigenvalue weighted by atomic mass is 16.6. The maximum Gasteiger partial charge on any atom is 0.363 e. The second kappa shape index (κ2) is 6.44. The van der Waals surface area contributed by atoms with Crippen LogP contribution in [-0.2, 0) is 9.53 Å². The summed E-state index contributed by atoms with van der Waals surface area (Å²) in [5, 5.41) is 0. The van der Waals surface area contributed by atoms with Crippen LogP contribution in [0.15, 0.2) is 76.9 Å². The van der Waals surface area contributed by atoms with Crippen molar-refractivity contribution >= 4 is 17.9 Å². The number of ether oxygens (including phenoxy) is 1. The number of aliphatic imine (C=N–C) groups is 1. The highest BCUT2D eigenvalue weighted by molar-refractivity contribution is 6.11. The number of benzene rings is 2. The van der Waals surface area contributed by atoms with Crippen LogP contribution in [0, 0.1) is 6.92 Å². The molecule has 1 aliphatic rings. The fraction of sp³-hybridized carbons (Fsp3) is 0.100. The van der Waals surface area contributed by atoms with Crippen LogP contribution >= 0.6 is 0 Å². The molecule has 3 nitrogen and oxygen atoms in total. The van der Waals surface area contributed by atoms with Crippen molar-refractivity contribution in [2.45, 2.75) is 13.8 Å². The van der Waals surface area contributed by atoms with E-state index in [0.29, 0.717) is 11.6 Å². The normalized spacial score (nSPS) is 16.4. The van der Waals surface area contributed by atoms with E-state index >= 15 is 0 Å². The molecule has 23 heavy (non-hydrogen) atoms. The topological polar surface area (TPSA) is 38.7 Å². The minimum absolute atomic E-state index is 0.327. The average Bonchev–Trinajstić information content (AvgIpc) is 2.89. The van der Waals surface area contributed by atoms with E-state index < -0.39 is 5.97 Å². The summed E-state index contributed by atoms with van der Waals surface area (Å²) in [5.74, 6) is -0.0454. The van der Waals surface area contributed by atoms with Crippen LogP contribution in [-0.4, -0.2) is 11.9 Å². The first-order valence-electron chi connectivity index (χ1n) is 7.45. The molecule has 114 valence electrons. The molecule has 3 heteroatoms. The summed E-state index contributed by atoms with van der Waals surface area (Å²) in [4.78, 5) is 16.4. The van der Waals surface area contributed by atoms with Crippen molar-refractivity contribution in [3.05, 3.63) is 88.6 Å². The van der Waals surface area contributed by atoms with Gasteiger partial charge in [-0.15, -0.1) is 0 Å². The molecule has 0 unspecified atom stereocenters. The van der Waals surface area contributed by atoms with Gasteiger partial charge in [-0.05, 0) is 42.7 Å². The molecule has 0 radical (unpaired) electrons. The van der Waals surface area contributed by atoms with Crippen molar-refractivity contribution in [1.82, 2.24) is 0 Å². The van der Waals surface area contributed by atoms with Crippen molar-refractivity contribution < 1.29 is 9.53 Å². The second-order valence-electron chi connectivity index (χ2n) is 5.45. The number of cyclic esters (lactones) is 1. The van der Waals surface area contributed by atoms with E-state index in [4.69, 9.17) is 4.74 Å². The quantitative estimate of drug-likeness (QED) is 0.627. The third-order valence-corrected chi connectivity index (χ3v) is 3.55. The molecule has 2 aromatic carbocycles. The number of hydrogen-bond acceptors (Lipinski definition) is 3. The Bertz CT molecular complexity index is 830. The van der Waals surface area contributed by atoms with Crippen LogP contribution in [0.5, 0.6) is 0 Å². The van der Waals surface area contributed by atoms with Gasteiger partial charge in [-0.3, -0.25) is 0 Å². The number of carbonyl (C=O) groups excluding carboxylic acids is 1. The molecule has 0 saturated carbocycles. The summed E-state index contributed by atoms with van der Waals surface area (Å²) >= 11 is 0. The zero-order valence-corrected chi connectivity index (χ0v) is 13.1. The van der Waals surface area contributed by atoms with Crippen LogP contribution in [0.25, 0.3) is 6.08 Å². The maximum absolute atomic E-state index is 12.0. The first-order valence-corrected chi connectivity index (χ1v) is 7.45. The van der Waals surface area contributed by atoms with Crippen molar-refractivity contribution in [3.63, 3.8) is 0 Å². The van der Waals surface area contributed by atoms with Crippen molar-refractivity contribution in [2.75, 3.05) is 0 Å². The van der Waals surface area contributed by atoms with Crippen molar-refractivity contribution in [3.8, 4) is 0 Å². The number of nitrogens with zero attached hydrogens (tertiary/aromatic N) is 1. The van der Waals surface area contributed by atoms with E-state index in [9.17, 15) is 4.79 Å². The number of hydrogen-bond donors (Lipinski definition) is 0. The lowest BCUT2D eigenvalue weighted by molar-refractivity contribution is -0.130. The van der Waals surface area contributed by atoms with Gasteiger partial charge in [0.25, 0.3) is 0 Å². The van der Waals surface area contributed by atoms with E-state index in [-0.39, 0.29) is 0 Å². The molecule has 0 aliphatic carbocycles. The van der Waals surface area contributed by atoms with Gasteiger partial charge >= 0.3 is 5.97 Å². The zero-order valence-electron chi connectivity index (χ0n) is 13.1. The SMILES string of the molecule is CC(=C\c1ccccc1)/C=C1/N=C(c2ccccc2C)OC1=O. The summed E-state index contributed by atoms with van der Waals surface area (Å²) in [6.07, 6.45) is 3.75. The minimum Gasteiger partial charge on any atom is -0.402 e. The summed E-state index contributed by atoms with van der Waals surface area (Å²) in [7, 11) is 0. The Balaban J connectivity index is 1.89. The van der Waals surface area contributed by atoms with Gasteiger partial charge in [0.05, 0.1) is 0 Å². The maximum atomic E-state index is 12.0. The second-order valence-corrected chi connectivity index (χ2v) is 5.45. The molecule has 2 aromatic rings. The molecule has 0 aromatic heterocycles. The van der Waals surface area contributed by atoms with Gasteiger partial charge < -0.3 is 4.74 Å². The Hall–Kier alpha value is -2.94. The lowest BCUT2D eigenvalue weighted by Crippen LogP contribution is -2.06. The lowest BCUT2D eigenvalue weighted by atomic mass is 10.1. The predicted octanol–water partition coefficient (Wildman–Crippen LogP) is 4.29. The predicted molar refractivity (Wildman–Crippen MR) is 92.0 cm³/mol. The molecule has 0 saturated heterocycles. The third-order valence-electron chi connectivity index (χ3n) is 3.55. The number of carbonyl (C=O) groups is 1. The molecule has 0 spiro atoms. The lowest BCUT2D eigenvalue weighted by Gasteiger charge is -2.02. The monoisotopic (exact) mass is 303 g/mol. The Morgan fingerprint density at radius 1 is 1.04 bits per heavy atom. The van der Waals surface area contributed by atoms with Gasteiger partial charge in [0.15, 0.2) is 5.70 Å². The van der Waals surface area contributed by atoms with Crippen LogP contribution < -0.4 is 0 Å². The fourth-order valence-corrected chi connectivity index (χ4v) is 2.41. The van der Waals surface area contributed by atoms with Crippen LogP contribution in [0.2, 0.25) is 0 Å². The summed E-state index contributed by atoms with van der Waals surface area (Å²) < 4.78 is 5.31. The molecule has 1 heterocycles. The Labute approximate surface area is 135 Å². The number of rotatable bonds is 3. The van der Waals surface area contributed by atoms with E-state index in [1.807, 2.05) is 74.5 Å². The van der Waals surface area contributed by atoms with E-state index in [1.165, 1.54) is 0 Å². The molecule has 1 aliphatic heterocycles. The molecular weight excluding hydrogens is 286 g/mol. The summed E-state index contributed by atoms with van der Waals surface area (Å²) in [6, 6.07) is 17.7. The molecule has 3 rings (SSSR count). The van der Waals surface area contributed by atoms with Crippen LogP contribution in [0.3, 0.4) is 0 Å². The smallest absolute Gasteiger partial charge is 0.363 e. The largest absolute Gasteiger partial charge is 0.402 e. The molecular formula is C20H17NO2. The molecule has 0 N–H and O–H groups in total. The van der Waals surface area contributed by atoms with Crippen molar-refractivity contribution in [2.24, 2.45) is 4.99 Å². The van der Waals surface area contributed by atoms with E-state index in [1.54, 1.807) is 6.08 Å². The average molecular weight is 303 g/mol. The summed E-state index contributed by atoms with van der Waals surface area (Å²) in [5.41, 5.74) is 4.22. The standard InChI is InChI=1S/C20H17NO2/c1-14(12-16-9-4-3-5-10-16)13-18-20(22)23-19(21-18)17-11-7-6-8-15(17)2/h3-13H,1-2H3/b14-12+,18-13+. The Morgan fingerprint density at radius 3 is 2.48 bits per heavy atom. The van der Waals surface area contributed by atoms with Gasteiger partial charge in [0.2, 0.25) is 5.90 Å². The molecule has 0 amide bonds. The van der Waals surface area contributed by atoms with Gasteiger partial charge in [-0.1, -0.05) is 54.6 Å². The Morgan fingerprint density at radius 2 is 1.74 bits per heavy atom. The molecule has 0 bridgehead atoms. The summed E-state index contributed by atoms with van der Waals surface area (Å²) in [6.45, 7) is 3.91. The van der Waals surface area contributed by atoms with Crippen molar-refractivity contribution in [1.29, 1.82) is 0 Å². The zero-order chi connectivity index (χ0) is 16.2. The first kappa shape index (κ1) is 15.0. The minimum atomic E-state index is -0.413. The fourth-order valence-electron chi connectivity index (χ4n) is 2.41. The number of esters is 1. The molecule has 0 atom stereocenters. The van der Waals surface area contributed by atoms with E-state index in [0.717, 1.165) is 22.3 Å². The third kappa shape index (κ3) is 3.46. The first-order chi connectivity index (χ1) is 11.1. The highest BCUT2D eigenvalue weighted by Crippen LogP contribution is 2.20. The molecule has 0 fully saturated rings.